The minimum absolute atomic E-state index is 0.511. The smallest absolute Gasteiger partial charge is 0.0386 e. The molecule has 0 aliphatic carbocycles. The normalized spacial score (nSPS) is 12.7. The molecule has 0 aliphatic heterocycles. The van der Waals surface area contributed by atoms with Gasteiger partial charge in [0.15, 0.2) is 0 Å². The van der Waals surface area contributed by atoms with Crippen LogP contribution in [-0.2, 0) is 0 Å². The van der Waals surface area contributed by atoms with Crippen LogP contribution in [0.4, 0.5) is 0 Å². The summed E-state index contributed by atoms with van der Waals surface area (Å²) < 4.78 is 0. The van der Waals surface area contributed by atoms with Crippen molar-refractivity contribution in [2.24, 2.45) is 10.9 Å². The molecule has 0 amide bonds. The third-order valence-corrected chi connectivity index (χ3v) is 1.52. The number of allylic oxidation sites excluding steroid dienone is 4. The van der Waals surface area contributed by atoms with Gasteiger partial charge in [-0.05, 0) is 32.8 Å². The average Bonchev–Trinajstić information content (AvgIpc) is 1.96. The van der Waals surface area contributed by atoms with E-state index in [2.05, 4.69) is 38.8 Å². The van der Waals surface area contributed by atoms with Crippen molar-refractivity contribution in [1.29, 1.82) is 0 Å². The van der Waals surface area contributed by atoms with Crippen LogP contribution in [0.5, 0.6) is 0 Å². The molecule has 0 heterocycles. The van der Waals surface area contributed by atoms with E-state index < -0.39 is 0 Å². The molecule has 0 bridgehead atoms. The van der Waals surface area contributed by atoms with Crippen molar-refractivity contribution in [3.8, 4) is 0 Å². The van der Waals surface area contributed by atoms with Gasteiger partial charge in [-0.2, -0.15) is 0 Å². The first kappa shape index (κ1) is 11.2. The predicted molar refractivity (Wildman–Crippen MR) is 56.5 cm³/mol. The van der Waals surface area contributed by atoms with Crippen LogP contribution in [0.2, 0.25) is 0 Å². The van der Waals surface area contributed by atoms with Gasteiger partial charge in [-0.3, -0.25) is 4.99 Å². The monoisotopic (exact) mass is 165 g/mol. The van der Waals surface area contributed by atoms with E-state index in [9.17, 15) is 0 Å². The molecule has 0 N–H and O–H groups in total. The van der Waals surface area contributed by atoms with E-state index in [1.807, 2.05) is 19.2 Å². The Kier molecular flexibility index (Phi) is 5.35. The molecule has 0 spiro atoms. The maximum atomic E-state index is 4.34. The van der Waals surface area contributed by atoms with Crippen LogP contribution in [0.25, 0.3) is 0 Å². The first-order valence-corrected chi connectivity index (χ1v) is 4.41. The lowest BCUT2D eigenvalue weighted by molar-refractivity contribution is 0.757. The average molecular weight is 165 g/mol. The fourth-order valence-electron chi connectivity index (χ4n) is 0.829. The molecule has 0 aromatic rings. The van der Waals surface area contributed by atoms with Crippen LogP contribution in [0.3, 0.4) is 0 Å². The highest BCUT2D eigenvalue weighted by molar-refractivity contribution is 5.72. The minimum Gasteiger partial charge on any atom is -0.261 e. The fourth-order valence-corrected chi connectivity index (χ4v) is 0.829. The molecule has 0 atom stereocenters. The number of rotatable bonds is 3. The van der Waals surface area contributed by atoms with Crippen LogP contribution in [-0.4, -0.2) is 6.21 Å². The van der Waals surface area contributed by atoms with Gasteiger partial charge in [0.1, 0.15) is 0 Å². The van der Waals surface area contributed by atoms with E-state index in [1.165, 1.54) is 5.57 Å². The second-order valence-corrected chi connectivity index (χ2v) is 3.39. The second-order valence-electron chi connectivity index (χ2n) is 3.39. The van der Waals surface area contributed by atoms with Gasteiger partial charge in [0, 0.05) is 11.9 Å². The Labute approximate surface area is 75.9 Å². The molecule has 0 aromatic carbocycles. The first-order chi connectivity index (χ1) is 5.57. The summed E-state index contributed by atoms with van der Waals surface area (Å²) in [6.45, 7) is 10.5. The highest BCUT2D eigenvalue weighted by atomic mass is 14.7. The molecule has 68 valence electrons. The molecule has 0 saturated carbocycles. The standard InChI is InChI=1S/C11H19N/c1-6-11(10(4)5)12-8-7-9(2)3/h6-8,10H,1-5H3/b11-6-,12-8-. The lowest BCUT2D eigenvalue weighted by atomic mass is 10.1. The van der Waals surface area contributed by atoms with Gasteiger partial charge in [0.25, 0.3) is 0 Å². The van der Waals surface area contributed by atoms with Crippen molar-refractivity contribution in [3.05, 3.63) is 23.4 Å². The van der Waals surface area contributed by atoms with Crippen LogP contribution in [0.15, 0.2) is 28.4 Å². The van der Waals surface area contributed by atoms with Crippen molar-refractivity contribution >= 4 is 6.21 Å². The van der Waals surface area contributed by atoms with Gasteiger partial charge >= 0.3 is 0 Å². The van der Waals surface area contributed by atoms with E-state index in [1.54, 1.807) is 0 Å². The molecule has 1 nitrogen and oxygen atoms in total. The Balaban J connectivity index is 4.23. The molecular formula is C11H19N. The van der Waals surface area contributed by atoms with Gasteiger partial charge in [0.2, 0.25) is 0 Å². The van der Waals surface area contributed by atoms with E-state index in [0.29, 0.717) is 5.92 Å². The van der Waals surface area contributed by atoms with Crippen LogP contribution < -0.4 is 0 Å². The first-order valence-electron chi connectivity index (χ1n) is 4.41. The zero-order chi connectivity index (χ0) is 9.56. The van der Waals surface area contributed by atoms with E-state index in [0.717, 1.165) is 5.70 Å². The third-order valence-electron chi connectivity index (χ3n) is 1.52. The van der Waals surface area contributed by atoms with Gasteiger partial charge in [-0.15, -0.1) is 0 Å². The van der Waals surface area contributed by atoms with Gasteiger partial charge in [-0.25, -0.2) is 0 Å². The van der Waals surface area contributed by atoms with Crippen molar-refractivity contribution in [3.63, 3.8) is 0 Å². The Morgan fingerprint density at radius 2 is 1.83 bits per heavy atom. The van der Waals surface area contributed by atoms with Crippen molar-refractivity contribution in [2.45, 2.75) is 34.6 Å². The summed E-state index contributed by atoms with van der Waals surface area (Å²) >= 11 is 0. The van der Waals surface area contributed by atoms with Gasteiger partial charge < -0.3 is 0 Å². The molecule has 12 heavy (non-hydrogen) atoms. The van der Waals surface area contributed by atoms with Gasteiger partial charge in [-0.1, -0.05) is 25.5 Å². The zero-order valence-electron chi connectivity index (χ0n) is 8.76. The summed E-state index contributed by atoms with van der Waals surface area (Å²) in [5, 5.41) is 0. The SMILES string of the molecule is C/C=C(\N=C/C=C(C)C)C(C)C. The number of hydrogen-bond donors (Lipinski definition) is 0. The Hall–Kier alpha value is -0.850. The van der Waals surface area contributed by atoms with E-state index >= 15 is 0 Å². The highest BCUT2D eigenvalue weighted by Crippen LogP contribution is 2.09. The topological polar surface area (TPSA) is 12.4 Å². The molecule has 0 rings (SSSR count). The fraction of sp³-hybridized carbons (Fsp3) is 0.545. The maximum Gasteiger partial charge on any atom is 0.0386 e. The van der Waals surface area contributed by atoms with E-state index in [4.69, 9.17) is 0 Å². The third kappa shape index (κ3) is 4.89. The Bertz CT molecular complexity index is 203. The summed E-state index contributed by atoms with van der Waals surface area (Å²) in [5.74, 6) is 0.511. The summed E-state index contributed by atoms with van der Waals surface area (Å²) in [4.78, 5) is 4.34. The summed E-state index contributed by atoms with van der Waals surface area (Å²) in [6.07, 6.45) is 5.94. The number of nitrogens with zero attached hydrogens (tertiary/aromatic N) is 1. The molecule has 0 fully saturated rings. The summed E-state index contributed by atoms with van der Waals surface area (Å²) in [6, 6.07) is 0. The van der Waals surface area contributed by atoms with Crippen molar-refractivity contribution in [2.75, 3.05) is 0 Å². The quantitative estimate of drug-likeness (QED) is 0.567. The largest absolute Gasteiger partial charge is 0.261 e. The highest BCUT2D eigenvalue weighted by Gasteiger charge is 1.96. The maximum absolute atomic E-state index is 4.34. The van der Waals surface area contributed by atoms with Crippen molar-refractivity contribution in [1.82, 2.24) is 0 Å². The Morgan fingerprint density at radius 3 is 2.17 bits per heavy atom. The van der Waals surface area contributed by atoms with Crippen molar-refractivity contribution < 1.29 is 0 Å². The predicted octanol–water partition coefficient (Wildman–Crippen LogP) is 3.58. The second kappa shape index (κ2) is 5.76. The number of hydrogen-bond acceptors (Lipinski definition) is 1. The number of aliphatic imine (C=N–C) groups is 1. The molecule has 0 aliphatic rings. The molecule has 0 aromatic heterocycles. The van der Waals surface area contributed by atoms with Gasteiger partial charge in [0.05, 0.1) is 0 Å². The van der Waals surface area contributed by atoms with Crippen LogP contribution >= 0.6 is 0 Å². The van der Waals surface area contributed by atoms with Crippen LogP contribution in [0.1, 0.15) is 34.6 Å². The minimum atomic E-state index is 0.511. The Morgan fingerprint density at radius 1 is 1.25 bits per heavy atom. The molecular weight excluding hydrogens is 146 g/mol. The van der Waals surface area contributed by atoms with Crippen LogP contribution in [0, 0.1) is 5.92 Å². The molecule has 0 saturated heterocycles. The lowest BCUT2D eigenvalue weighted by Gasteiger charge is -2.02. The summed E-state index contributed by atoms with van der Waals surface area (Å²) in [5.41, 5.74) is 2.42. The zero-order valence-corrected chi connectivity index (χ0v) is 8.76. The summed E-state index contributed by atoms with van der Waals surface area (Å²) in [7, 11) is 0. The lowest BCUT2D eigenvalue weighted by Crippen LogP contribution is -1.89. The molecule has 1 heteroatoms. The molecule has 0 unspecified atom stereocenters. The van der Waals surface area contributed by atoms with E-state index in [-0.39, 0.29) is 0 Å². The molecule has 0 radical (unpaired) electrons.